The first kappa shape index (κ1) is 23.1. The number of aromatic nitrogens is 1. The summed E-state index contributed by atoms with van der Waals surface area (Å²) in [6, 6.07) is 0. The predicted molar refractivity (Wildman–Crippen MR) is 83.0 cm³/mol. The minimum Gasteiger partial charge on any atom is -0.592 e. The van der Waals surface area contributed by atoms with E-state index < -0.39 is 10.4 Å². The smallest absolute Gasteiger partial charge is 0.592 e. The molecule has 22 heavy (non-hydrogen) atoms. The Morgan fingerprint density at radius 1 is 1.59 bits per heavy atom. The molecule has 1 aromatic heterocycles. The van der Waals surface area contributed by atoms with Crippen molar-refractivity contribution in [1.82, 2.24) is 4.98 Å². The van der Waals surface area contributed by atoms with Crippen molar-refractivity contribution in [3.05, 3.63) is 28.4 Å². The van der Waals surface area contributed by atoms with Crippen molar-refractivity contribution in [3.63, 3.8) is 0 Å². The second-order valence-corrected chi connectivity index (χ2v) is 4.99. The van der Waals surface area contributed by atoms with Crippen LogP contribution in [-0.2, 0) is 46.3 Å². The third-order valence-electron chi connectivity index (χ3n) is 1.91. The van der Waals surface area contributed by atoms with Gasteiger partial charge in [-0.15, -0.1) is 0 Å². The Labute approximate surface area is 142 Å². The Bertz CT molecular complexity index is 629. The number of nitrogens with two attached hydrogens (primary N) is 1. The zero-order valence-electron chi connectivity index (χ0n) is 11.3. The molecule has 1 rings (SSSR count). The van der Waals surface area contributed by atoms with E-state index >= 15 is 0 Å². The summed E-state index contributed by atoms with van der Waals surface area (Å²) in [4.78, 5) is 3.97. The zero-order chi connectivity index (χ0) is 16.6. The average Bonchev–Trinajstić information content (AvgIpc) is 2.32. The molecule has 1 aromatic rings. The van der Waals surface area contributed by atoms with Crippen LogP contribution in [0, 0.1) is 6.92 Å². The van der Waals surface area contributed by atoms with Crippen LogP contribution < -0.4 is 5.73 Å². The Kier molecular flexibility index (Phi) is 11.1. The van der Waals surface area contributed by atoms with Gasteiger partial charge in [-0.05, 0) is 6.92 Å². The minimum absolute atomic E-state index is 0. The number of aryl methyl sites for hydroxylation is 1. The number of rotatable bonds is 3. The maximum absolute atomic E-state index is 9.08. The fourth-order valence-electron chi connectivity index (χ4n) is 1.08. The fraction of sp³-hybridized carbons (Fsp3) is 0.222. The minimum atomic E-state index is -4.17. The second kappa shape index (κ2) is 10.5. The standard InChI is InChI=1S/C9H12N4O2S.Fe.H2O4S/c1-5-8(15)7(3-12-13-9(10)16)6(4-14)2-11-5;;1-5(2,3)4/h2-3,14H,4H2,1H3,(H4,10,11,12,13,15,16);;(H2,1,2,3,4)/q;+3;/p+3. The van der Waals surface area contributed by atoms with Crippen LogP contribution in [-0.4, -0.2) is 44.0 Å². The molecule has 0 aliphatic heterocycles. The van der Waals surface area contributed by atoms with Crippen LogP contribution >= 0.6 is 0 Å². The Balaban J connectivity index is 0. The molecule has 1 radical (unpaired) electrons. The molecule has 0 amide bonds. The molecular formula is C9H17FeN4O6S2+6. The summed E-state index contributed by atoms with van der Waals surface area (Å²) in [7, 11) is -4.17. The van der Waals surface area contributed by atoms with E-state index in [4.69, 9.17) is 33.5 Å². The van der Waals surface area contributed by atoms with Crippen LogP contribution in [0.2, 0.25) is 0 Å². The van der Waals surface area contributed by atoms with E-state index in [-0.39, 0.29) is 34.5 Å². The molecule has 10 nitrogen and oxygen atoms in total. The number of aliphatic hydroxyl groups excluding tert-OH is 1. The van der Waals surface area contributed by atoms with Gasteiger partial charge in [-0.2, -0.15) is 0 Å². The third-order valence-corrected chi connectivity index (χ3v) is 2.00. The summed E-state index contributed by atoms with van der Waals surface area (Å²) in [5.41, 5.74) is 10.3. The largest absolute Gasteiger partial charge is 3.00 e. The molecule has 0 bridgehead atoms. The van der Waals surface area contributed by atoms with Gasteiger partial charge in [0.2, 0.25) is 0 Å². The SMILES string of the molecule is Cc1ncc(CO)c(C=N[N-]C(N)=[SH+])c1[OH2+].O=S(=O)([OH2+])[OH2+].[Fe+3]. The first-order valence-corrected chi connectivity index (χ1v) is 7.09. The number of aliphatic hydroxyl groups is 1. The van der Waals surface area contributed by atoms with E-state index in [1.165, 1.54) is 12.4 Å². The fourth-order valence-corrected chi connectivity index (χ4v) is 1.14. The van der Waals surface area contributed by atoms with Gasteiger partial charge in [0.25, 0.3) is 5.75 Å². The van der Waals surface area contributed by atoms with Crippen LogP contribution in [0.5, 0.6) is 5.75 Å². The number of nitrogens with zero attached hydrogens (tertiary/aromatic N) is 3. The van der Waals surface area contributed by atoms with Crippen LogP contribution in [0.15, 0.2) is 11.3 Å². The van der Waals surface area contributed by atoms with Gasteiger partial charge in [0.15, 0.2) is 17.3 Å². The summed E-state index contributed by atoms with van der Waals surface area (Å²) in [6.07, 6.45) is 2.86. The number of thiol groups is 1. The summed E-state index contributed by atoms with van der Waals surface area (Å²) >= 11 is 3.74. The first-order chi connectivity index (χ1) is 9.56. The van der Waals surface area contributed by atoms with Crippen molar-refractivity contribution in [2.75, 3.05) is 0 Å². The summed E-state index contributed by atoms with van der Waals surface area (Å²) in [6.45, 7) is 1.50. The van der Waals surface area contributed by atoms with E-state index in [2.05, 4.69) is 27.7 Å². The molecule has 0 aromatic carbocycles. The Hall–Kier alpha value is -1.18. The second-order valence-electron chi connectivity index (χ2n) is 3.52. The normalized spacial score (nSPS) is 10.4. The van der Waals surface area contributed by atoms with E-state index in [0.717, 1.165) is 0 Å². The van der Waals surface area contributed by atoms with E-state index in [1.807, 2.05) is 0 Å². The van der Waals surface area contributed by atoms with E-state index in [0.29, 0.717) is 16.8 Å². The molecule has 0 saturated carbocycles. The van der Waals surface area contributed by atoms with Gasteiger partial charge >= 0.3 is 27.5 Å². The maximum Gasteiger partial charge on any atom is 3.00 e. The van der Waals surface area contributed by atoms with E-state index in [9.17, 15) is 0 Å². The summed E-state index contributed by atoms with van der Waals surface area (Å²) in [5, 5.41) is 20.5. The first-order valence-electron chi connectivity index (χ1n) is 5.16. The van der Waals surface area contributed by atoms with Gasteiger partial charge in [-0.1, -0.05) is 8.42 Å². The van der Waals surface area contributed by atoms with Gasteiger partial charge in [0, 0.05) is 18.0 Å². The quantitative estimate of drug-likeness (QED) is 0.137. The molecule has 0 spiro atoms. The van der Waals surface area contributed by atoms with Crippen molar-refractivity contribution in [3.8, 4) is 5.75 Å². The Morgan fingerprint density at radius 2 is 2.09 bits per heavy atom. The topological polar surface area (TPSA) is 188 Å². The van der Waals surface area contributed by atoms with Crippen LogP contribution in [0.1, 0.15) is 16.8 Å². The average molecular weight is 397 g/mol. The van der Waals surface area contributed by atoms with Crippen molar-refractivity contribution in [2.24, 2.45) is 10.8 Å². The van der Waals surface area contributed by atoms with Gasteiger partial charge in [-0.3, -0.25) is 19.8 Å². The molecule has 0 aliphatic carbocycles. The zero-order valence-corrected chi connectivity index (χ0v) is 14.1. The van der Waals surface area contributed by atoms with Crippen LogP contribution in [0.3, 0.4) is 0 Å². The molecule has 0 saturated heterocycles. The number of hydrogen-bond donors (Lipinski definition) is 2. The molecule has 1 heterocycles. The van der Waals surface area contributed by atoms with Crippen LogP contribution in [0.4, 0.5) is 0 Å². The monoisotopic (exact) mass is 397 g/mol. The van der Waals surface area contributed by atoms with Crippen molar-refractivity contribution in [1.29, 1.82) is 0 Å². The van der Waals surface area contributed by atoms with Crippen molar-refractivity contribution in [2.45, 2.75) is 13.5 Å². The number of hydrogen-bond acceptors (Lipinski definition) is 5. The van der Waals surface area contributed by atoms with Gasteiger partial charge < -0.3 is 20.7 Å². The molecule has 0 atom stereocenters. The van der Waals surface area contributed by atoms with Gasteiger partial charge in [0.05, 0.1) is 12.2 Å². The van der Waals surface area contributed by atoms with Gasteiger partial charge in [0.1, 0.15) is 5.69 Å². The van der Waals surface area contributed by atoms with Crippen molar-refractivity contribution >= 4 is 33.9 Å². The van der Waals surface area contributed by atoms with Crippen molar-refractivity contribution < 1.29 is 44.8 Å². The molecule has 9 N–H and O–H groups in total. The Morgan fingerprint density at radius 3 is 2.50 bits per heavy atom. The van der Waals surface area contributed by atoms with E-state index in [1.54, 1.807) is 6.92 Å². The predicted octanol–water partition coefficient (Wildman–Crippen LogP) is -2.97. The maximum atomic E-state index is 9.08. The van der Waals surface area contributed by atoms with Crippen LogP contribution in [0.25, 0.3) is 5.43 Å². The number of pyridine rings is 1. The molecule has 0 aliphatic rings. The molecule has 123 valence electrons. The summed E-state index contributed by atoms with van der Waals surface area (Å²) < 4.78 is 29.1. The molecule has 13 heteroatoms. The molecule has 0 fully saturated rings. The third kappa shape index (κ3) is 10.5. The summed E-state index contributed by atoms with van der Waals surface area (Å²) in [5.74, 6) is 0.211. The molecule has 0 unspecified atom stereocenters. The molecular weight excluding hydrogens is 380 g/mol. The van der Waals surface area contributed by atoms with Gasteiger partial charge in [-0.25, -0.2) is 0 Å².